The fourth-order valence-corrected chi connectivity index (χ4v) is 5.20. The van der Waals surface area contributed by atoms with Crippen molar-refractivity contribution >= 4 is 16.9 Å². The van der Waals surface area contributed by atoms with Gasteiger partial charge in [-0.25, -0.2) is 9.37 Å². The van der Waals surface area contributed by atoms with Crippen molar-refractivity contribution in [1.29, 1.82) is 0 Å². The van der Waals surface area contributed by atoms with Crippen molar-refractivity contribution < 1.29 is 13.9 Å². The number of ether oxygens (including phenoxy) is 1. The molecular weight excluding hydrogens is 395 g/mol. The van der Waals surface area contributed by atoms with Crippen LogP contribution in [0.2, 0.25) is 0 Å². The van der Waals surface area contributed by atoms with Crippen LogP contribution in [0, 0.1) is 11.2 Å². The first kappa shape index (κ1) is 20.0. The molecule has 1 saturated heterocycles. The van der Waals surface area contributed by atoms with Gasteiger partial charge in [0.1, 0.15) is 17.2 Å². The summed E-state index contributed by atoms with van der Waals surface area (Å²) in [5.41, 5.74) is 3.97. The molecule has 5 rings (SSSR count). The molecule has 7 heteroatoms. The van der Waals surface area contributed by atoms with Crippen molar-refractivity contribution in [2.24, 2.45) is 5.41 Å². The highest BCUT2D eigenvalue weighted by molar-refractivity contribution is 5.95. The quantitative estimate of drug-likeness (QED) is 0.682. The highest BCUT2D eigenvalue weighted by Gasteiger charge is 2.53. The van der Waals surface area contributed by atoms with Crippen LogP contribution in [-0.4, -0.2) is 66.5 Å². The summed E-state index contributed by atoms with van der Waals surface area (Å²) in [4.78, 5) is 23.8. The molecular formula is C24H27FN4O2. The lowest BCUT2D eigenvalue weighted by Gasteiger charge is -2.59. The van der Waals surface area contributed by atoms with Crippen molar-refractivity contribution in [1.82, 2.24) is 19.8 Å². The van der Waals surface area contributed by atoms with Gasteiger partial charge in [0.25, 0.3) is 0 Å². The number of likely N-dealkylation sites (tertiary alicyclic amines) is 1. The molecule has 1 saturated carbocycles. The normalized spacial score (nSPS) is 18.1. The Bertz CT molecular complexity index is 1140. The Morgan fingerprint density at radius 3 is 2.74 bits per heavy atom. The number of nitrogens with zero attached hydrogens (tertiary/aromatic N) is 3. The summed E-state index contributed by atoms with van der Waals surface area (Å²) in [6.07, 6.45) is 3.98. The number of carbonyl (C=O) groups is 1. The fourth-order valence-electron chi connectivity index (χ4n) is 5.20. The van der Waals surface area contributed by atoms with Gasteiger partial charge in [-0.3, -0.25) is 9.69 Å². The molecule has 1 N–H and O–H groups in total. The van der Waals surface area contributed by atoms with Crippen LogP contribution in [0.15, 0.2) is 36.5 Å². The minimum absolute atomic E-state index is 0.160. The summed E-state index contributed by atoms with van der Waals surface area (Å²) >= 11 is 0. The van der Waals surface area contributed by atoms with Crippen molar-refractivity contribution in [3.63, 3.8) is 0 Å². The van der Waals surface area contributed by atoms with Gasteiger partial charge in [-0.15, -0.1) is 0 Å². The first-order chi connectivity index (χ1) is 14.9. The van der Waals surface area contributed by atoms with E-state index in [9.17, 15) is 9.18 Å². The zero-order valence-corrected chi connectivity index (χ0v) is 18.1. The highest BCUT2D eigenvalue weighted by Crippen LogP contribution is 2.56. The molecule has 6 nitrogen and oxygen atoms in total. The molecule has 162 valence electrons. The maximum absolute atomic E-state index is 13.9. The summed E-state index contributed by atoms with van der Waals surface area (Å²) in [5.74, 6) is 0.969. The Balaban J connectivity index is 1.33. The zero-order valence-electron chi connectivity index (χ0n) is 18.1. The van der Waals surface area contributed by atoms with Gasteiger partial charge in [0, 0.05) is 55.9 Å². The number of H-pyrrole nitrogens is 1. The van der Waals surface area contributed by atoms with E-state index in [0.717, 1.165) is 48.1 Å². The van der Waals surface area contributed by atoms with E-state index in [4.69, 9.17) is 4.74 Å². The van der Waals surface area contributed by atoms with E-state index in [1.807, 2.05) is 6.07 Å². The largest absolute Gasteiger partial charge is 0.496 e. The molecule has 0 bridgehead atoms. The second kappa shape index (κ2) is 7.34. The lowest BCUT2D eigenvalue weighted by molar-refractivity contribution is -0.137. The van der Waals surface area contributed by atoms with Crippen LogP contribution in [0.3, 0.4) is 0 Å². The van der Waals surface area contributed by atoms with Gasteiger partial charge >= 0.3 is 0 Å². The Labute approximate surface area is 181 Å². The number of nitrogens with one attached hydrogen (secondary N) is 1. The Morgan fingerprint density at radius 1 is 1.26 bits per heavy atom. The molecule has 1 amide bonds. The molecule has 1 aromatic carbocycles. The van der Waals surface area contributed by atoms with Crippen molar-refractivity contribution in [3.8, 4) is 16.9 Å². The van der Waals surface area contributed by atoms with Crippen LogP contribution >= 0.6 is 0 Å². The second-order valence-electron chi connectivity index (χ2n) is 9.23. The van der Waals surface area contributed by atoms with Crippen LogP contribution in [0.25, 0.3) is 22.2 Å². The van der Waals surface area contributed by atoms with Gasteiger partial charge in [-0.1, -0.05) is 0 Å². The van der Waals surface area contributed by atoms with Gasteiger partial charge in [-0.05, 0) is 54.2 Å². The third-order valence-electron chi connectivity index (χ3n) is 6.78. The van der Waals surface area contributed by atoms with E-state index >= 15 is 0 Å². The number of halogens is 1. The first-order valence-electron chi connectivity index (χ1n) is 10.6. The predicted octanol–water partition coefficient (Wildman–Crippen LogP) is 3.65. The van der Waals surface area contributed by atoms with Crippen LogP contribution in [-0.2, 0) is 4.79 Å². The first-order valence-corrected chi connectivity index (χ1v) is 10.6. The number of hydrogen-bond donors (Lipinski definition) is 1. The number of rotatable bonds is 5. The summed E-state index contributed by atoms with van der Waals surface area (Å²) in [6, 6.07) is 8.64. The molecule has 31 heavy (non-hydrogen) atoms. The molecule has 2 aromatic heterocycles. The summed E-state index contributed by atoms with van der Waals surface area (Å²) in [5, 5.41) is 0.981. The number of aromatic amines is 1. The number of carbonyl (C=O) groups excluding carboxylic acids is 1. The van der Waals surface area contributed by atoms with Gasteiger partial charge < -0.3 is 14.6 Å². The summed E-state index contributed by atoms with van der Waals surface area (Å²) in [6.45, 7) is 2.50. The van der Waals surface area contributed by atoms with Crippen LogP contribution < -0.4 is 4.74 Å². The molecule has 1 aliphatic carbocycles. The molecule has 2 aliphatic rings. The molecule has 0 unspecified atom stereocenters. The zero-order chi connectivity index (χ0) is 21.8. The lowest BCUT2D eigenvalue weighted by atomic mass is 9.57. The molecule has 0 radical (unpaired) electrons. The number of methoxy groups -OCH3 is 1. The van der Waals surface area contributed by atoms with Crippen molar-refractivity contribution in [2.45, 2.75) is 18.8 Å². The SMILES string of the molecule is COc1ccc(F)cc1-c1ccnc2[nH]c(C3CC4(C3)CN(CC(=O)N(C)C)C4)cc12. The minimum Gasteiger partial charge on any atom is -0.496 e. The standard InChI is InChI=1S/C24H27FN4O2/c1-28(2)22(30)12-29-13-24(14-29)10-15(11-24)20-9-19-17(6-7-26-23(19)27-20)18-8-16(25)4-5-21(18)31-3/h4-9,15H,10-14H2,1-3H3,(H,26,27). The average Bonchev–Trinajstić information content (AvgIpc) is 3.12. The predicted molar refractivity (Wildman–Crippen MR) is 118 cm³/mol. The molecule has 0 atom stereocenters. The molecule has 3 heterocycles. The smallest absolute Gasteiger partial charge is 0.236 e. The molecule has 1 aliphatic heterocycles. The number of fused-ring (bicyclic) bond motifs is 1. The van der Waals surface area contributed by atoms with Crippen LogP contribution in [0.1, 0.15) is 24.5 Å². The summed E-state index contributed by atoms with van der Waals surface area (Å²) < 4.78 is 19.4. The van der Waals surface area contributed by atoms with Gasteiger partial charge in [0.05, 0.1) is 13.7 Å². The third kappa shape index (κ3) is 3.47. The average molecular weight is 423 g/mol. The number of hydrogen-bond acceptors (Lipinski definition) is 4. The van der Waals surface area contributed by atoms with E-state index in [0.29, 0.717) is 23.6 Å². The molecule has 2 fully saturated rings. The maximum atomic E-state index is 13.9. The number of likely N-dealkylation sites (N-methyl/N-ethyl adjacent to an activating group) is 1. The van der Waals surface area contributed by atoms with E-state index < -0.39 is 0 Å². The van der Waals surface area contributed by atoms with Crippen molar-refractivity contribution in [2.75, 3.05) is 40.8 Å². The van der Waals surface area contributed by atoms with E-state index in [1.54, 1.807) is 38.4 Å². The number of benzene rings is 1. The molecule has 3 aromatic rings. The Hall–Kier alpha value is -2.93. The van der Waals surface area contributed by atoms with Gasteiger partial charge in [0.15, 0.2) is 0 Å². The van der Waals surface area contributed by atoms with Crippen LogP contribution in [0.5, 0.6) is 5.75 Å². The minimum atomic E-state index is -0.292. The van der Waals surface area contributed by atoms with E-state index in [1.165, 1.54) is 17.8 Å². The topological polar surface area (TPSA) is 61.5 Å². The van der Waals surface area contributed by atoms with E-state index in [-0.39, 0.29) is 11.7 Å². The maximum Gasteiger partial charge on any atom is 0.236 e. The number of amides is 1. The van der Waals surface area contributed by atoms with Crippen LogP contribution in [0.4, 0.5) is 4.39 Å². The number of pyridine rings is 1. The van der Waals surface area contributed by atoms with Gasteiger partial charge in [0.2, 0.25) is 5.91 Å². The van der Waals surface area contributed by atoms with E-state index in [2.05, 4.69) is 20.9 Å². The fraction of sp³-hybridized carbons (Fsp3) is 0.417. The van der Waals surface area contributed by atoms with Crippen molar-refractivity contribution in [3.05, 3.63) is 48.0 Å². The van der Waals surface area contributed by atoms with Gasteiger partial charge in [-0.2, -0.15) is 0 Å². The summed E-state index contributed by atoms with van der Waals surface area (Å²) in [7, 11) is 5.20. The number of aromatic nitrogens is 2. The third-order valence-corrected chi connectivity index (χ3v) is 6.78. The second-order valence-corrected chi connectivity index (χ2v) is 9.23. The lowest BCUT2D eigenvalue weighted by Crippen LogP contribution is -2.63. The Kier molecular flexibility index (Phi) is 4.73. The monoisotopic (exact) mass is 422 g/mol. The Morgan fingerprint density at radius 2 is 2.03 bits per heavy atom. The highest BCUT2D eigenvalue weighted by atomic mass is 19.1. The molecule has 1 spiro atoms.